The first-order valence-corrected chi connectivity index (χ1v) is 5.03. The second-order valence-corrected chi connectivity index (χ2v) is 3.13. The maximum atomic E-state index is 10.2. The number of nitrogens with zero attached hydrogens (tertiary/aromatic N) is 4. The Labute approximate surface area is 102 Å². The zero-order valence-corrected chi connectivity index (χ0v) is 9.40. The normalized spacial score (nSPS) is 11.8. The van der Waals surface area contributed by atoms with E-state index in [1.807, 2.05) is 0 Å². The molecule has 0 aromatic rings. The van der Waals surface area contributed by atoms with Crippen LogP contribution in [-0.2, 0) is 19.2 Å². The molecule has 0 saturated heterocycles. The van der Waals surface area contributed by atoms with E-state index < -0.39 is 12.2 Å². The summed E-state index contributed by atoms with van der Waals surface area (Å²) in [5.41, 5.74) is 0. The van der Waals surface area contributed by atoms with Crippen molar-refractivity contribution in [1.29, 1.82) is 0 Å². The van der Waals surface area contributed by atoms with Crippen LogP contribution in [0.1, 0.15) is 19.3 Å². The van der Waals surface area contributed by atoms with Gasteiger partial charge >= 0.3 is 0 Å². The topological polar surface area (TPSA) is 118 Å². The zero-order valence-electron chi connectivity index (χ0n) is 9.40. The molecule has 0 aliphatic heterocycles. The maximum absolute atomic E-state index is 10.2. The Kier molecular flexibility index (Phi) is 9.50. The number of hydrogen-bond acceptors (Lipinski definition) is 8. The molecule has 0 saturated carbocycles. The van der Waals surface area contributed by atoms with Crippen molar-refractivity contribution in [3.8, 4) is 0 Å². The van der Waals surface area contributed by atoms with Crippen LogP contribution in [-0.4, -0.2) is 43.1 Å². The average molecular weight is 250 g/mol. The van der Waals surface area contributed by atoms with Crippen molar-refractivity contribution in [1.82, 2.24) is 0 Å². The lowest BCUT2D eigenvalue weighted by Gasteiger charge is -2.09. The van der Waals surface area contributed by atoms with Gasteiger partial charge in [-0.25, -0.2) is 29.2 Å². The number of carbonyl (C=O) groups excluding carboxylic acids is 4. The summed E-state index contributed by atoms with van der Waals surface area (Å²) in [5.74, 6) is 0. The highest BCUT2D eigenvalue weighted by molar-refractivity contribution is 5.37. The Balaban J connectivity index is 4.38. The molecule has 94 valence electrons. The van der Waals surface area contributed by atoms with Gasteiger partial charge in [-0.1, -0.05) is 0 Å². The fourth-order valence-electron chi connectivity index (χ4n) is 1.23. The number of isocyanates is 4. The molecule has 1 atom stereocenters. The second kappa shape index (κ2) is 11.0. The van der Waals surface area contributed by atoms with Gasteiger partial charge in [0.15, 0.2) is 6.17 Å². The van der Waals surface area contributed by atoms with Gasteiger partial charge in [-0.3, -0.25) is 0 Å². The molecule has 0 fully saturated rings. The summed E-state index contributed by atoms with van der Waals surface area (Å²) in [6.07, 6.45) is 5.38. The van der Waals surface area contributed by atoms with Crippen molar-refractivity contribution in [3.05, 3.63) is 0 Å². The molecule has 8 heteroatoms. The lowest BCUT2D eigenvalue weighted by molar-refractivity contribution is 0.492. The Morgan fingerprint density at radius 2 is 1.33 bits per heavy atom. The highest BCUT2D eigenvalue weighted by Crippen LogP contribution is 2.11. The van der Waals surface area contributed by atoms with E-state index in [0.29, 0.717) is 12.8 Å². The lowest BCUT2D eigenvalue weighted by atomic mass is 10.1. The summed E-state index contributed by atoms with van der Waals surface area (Å²) < 4.78 is 0. The summed E-state index contributed by atoms with van der Waals surface area (Å²) in [5, 5.41) is 0. The van der Waals surface area contributed by atoms with E-state index in [1.54, 1.807) is 0 Å². The minimum absolute atomic E-state index is 0.178. The van der Waals surface area contributed by atoms with Crippen LogP contribution in [0.2, 0.25) is 0 Å². The smallest absolute Gasteiger partial charge is 0.211 e. The molecular formula is C10H10N4O4. The number of rotatable bonds is 9. The van der Waals surface area contributed by atoms with Gasteiger partial charge in [-0.05, 0) is 19.3 Å². The number of aliphatic imine (C=N–C) groups is 4. The van der Waals surface area contributed by atoms with Gasteiger partial charge in [0, 0.05) is 0 Å². The SMILES string of the molecule is O=C=NCCC(CCC(N=C=O)N=C=O)N=C=O. The van der Waals surface area contributed by atoms with E-state index in [2.05, 4.69) is 20.0 Å². The molecule has 0 aliphatic rings. The van der Waals surface area contributed by atoms with Crippen LogP contribution in [0.4, 0.5) is 0 Å². The van der Waals surface area contributed by atoms with Crippen LogP contribution < -0.4 is 0 Å². The monoisotopic (exact) mass is 250 g/mol. The predicted octanol–water partition coefficient (Wildman–Crippen LogP) is 0.195. The molecule has 0 radical (unpaired) electrons. The van der Waals surface area contributed by atoms with Crippen LogP contribution in [0.5, 0.6) is 0 Å². The third-order valence-corrected chi connectivity index (χ3v) is 2.04. The summed E-state index contributed by atoms with van der Waals surface area (Å²) >= 11 is 0. The zero-order chi connectivity index (χ0) is 13.6. The fourth-order valence-corrected chi connectivity index (χ4v) is 1.23. The van der Waals surface area contributed by atoms with Crippen molar-refractivity contribution in [3.63, 3.8) is 0 Å². The fraction of sp³-hybridized carbons (Fsp3) is 0.600. The summed E-state index contributed by atoms with van der Waals surface area (Å²) in [7, 11) is 0. The van der Waals surface area contributed by atoms with Crippen LogP contribution in [0, 0.1) is 0 Å². The Morgan fingerprint density at radius 1 is 0.722 bits per heavy atom. The van der Waals surface area contributed by atoms with E-state index in [9.17, 15) is 19.2 Å². The highest BCUT2D eigenvalue weighted by atomic mass is 16.1. The molecule has 0 bridgehead atoms. The second-order valence-electron chi connectivity index (χ2n) is 3.13. The molecule has 18 heavy (non-hydrogen) atoms. The third kappa shape index (κ3) is 7.77. The van der Waals surface area contributed by atoms with Crippen LogP contribution in [0.3, 0.4) is 0 Å². The molecule has 0 aromatic heterocycles. The third-order valence-electron chi connectivity index (χ3n) is 2.04. The standard InChI is InChI=1S/C10H10N4O4/c15-5-11-4-3-9(12-6-16)1-2-10(13-7-17)14-8-18/h9-10H,1-4H2. The van der Waals surface area contributed by atoms with E-state index >= 15 is 0 Å². The van der Waals surface area contributed by atoms with E-state index in [4.69, 9.17) is 0 Å². The van der Waals surface area contributed by atoms with E-state index in [0.717, 1.165) is 0 Å². The summed E-state index contributed by atoms with van der Waals surface area (Å²) in [4.78, 5) is 53.5. The van der Waals surface area contributed by atoms with Crippen molar-refractivity contribution in [2.45, 2.75) is 31.5 Å². The summed E-state index contributed by atoms with van der Waals surface area (Å²) in [6.45, 7) is 0.178. The van der Waals surface area contributed by atoms with Gasteiger partial charge < -0.3 is 0 Å². The van der Waals surface area contributed by atoms with Crippen LogP contribution in [0.25, 0.3) is 0 Å². The summed E-state index contributed by atoms with van der Waals surface area (Å²) in [6, 6.07) is -0.425. The predicted molar refractivity (Wildman–Crippen MR) is 58.8 cm³/mol. The lowest BCUT2D eigenvalue weighted by Crippen LogP contribution is -2.10. The van der Waals surface area contributed by atoms with Crippen molar-refractivity contribution in [2.75, 3.05) is 6.54 Å². The Bertz CT molecular complexity index is 421. The first-order chi connectivity index (χ1) is 8.78. The first kappa shape index (κ1) is 15.5. The molecule has 0 spiro atoms. The maximum Gasteiger partial charge on any atom is 0.237 e. The Hall–Kier alpha value is -2.48. The molecule has 0 N–H and O–H groups in total. The average Bonchev–Trinajstić information content (AvgIpc) is 2.36. The van der Waals surface area contributed by atoms with Gasteiger partial charge in [0.1, 0.15) is 0 Å². The van der Waals surface area contributed by atoms with Gasteiger partial charge in [0.2, 0.25) is 24.3 Å². The van der Waals surface area contributed by atoms with Gasteiger partial charge in [0.25, 0.3) is 0 Å². The molecule has 0 heterocycles. The minimum Gasteiger partial charge on any atom is -0.211 e. The van der Waals surface area contributed by atoms with E-state index in [1.165, 1.54) is 24.3 Å². The molecule has 0 amide bonds. The van der Waals surface area contributed by atoms with E-state index in [-0.39, 0.29) is 13.0 Å². The number of hydrogen-bond donors (Lipinski definition) is 0. The van der Waals surface area contributed by atoms with Gasteiger partial charge in [-0.2, -0.15) is 9.98 Å². The van der Waals surface area contributed by atoms with Crippen molar-refractivity contribution in [2.24, 2.45) is 20.0 Å². The van der Waals surface area contributed by atoms with Gasteiger partial charge in [0.05, 0.1) is 12.6 Å². The highest BCUT2D eigenvalue weighted by Gasteiger charge is 2.11. The van der Waals surface area contributed by atoms with Gasteiger partial charge in [-0.15, -0.1) is 0 Å². The van der Waals surface area contributed by atoms with Crippen LogP contribution in [0.15, 0.2) is 20.0 Å². The van der Waals surface area contributed by atoms with Crippen molar-refractivity contribution < 1.29 is 19.2 Å². The molecule has 8 nitrogen and oxygen atoms in total. The molecule has 1 unspecified atom stereocenters. The largest absolute Gasteiger partial charge is 0.237 e. The first-order valence-electron chi connectivity index (χ1n) is 5.03. The molecule has 0 aliphatic carbocycles. The van der Waals surface area contributed by atoms with Crippen molar-refractivity contribution >= 4 is 24.3 Å². The quantitative estimate of drug-likeness (QED) is 0.428. The molecular weight excluding hydrogens is 240 g/mol. The van der Waals surface area contributed by atoms with Crippen LogP contribution >= 0.6 is 0 Å². The molecule has 0 aromatic carbocycles. The Morgan fingerprint density at radius 3 is 1.83 bits per heavy atom. The molecule has 0 rings (SSSR count). The minimum atomic E-state index is -0.876.